The van der Waals surface area contributed by atoms with Crippen LogP contribution in [0.2, 0.25) is 0 Å². The maximum Gasteiger partial charge on any atom is 0.310 e. The van der Waals surface area contributed by atoms with Crippen LogP contribution in [0.25, 0.3) is 0 Å². The fourth-order valence-electron chi connectivity index (χ4n) is 2.35. The molecule has 5 heteroatoms. The summed E-state index contributed by atoms with van der Waals surface area (Å²) in [5.41, 5.74) is 0.947. The van der Waals surface area contributed by atoms with Gasteiger partial charge in [-0.1, -0.05) is 6.92 Å². The van der Waals surface area contributed by atoms with Crippen molar-refractivity contribution in [1.82, 2.24) is 9.88 Å². The quantitative estimate of drug-likeness (QED) is 0.741. The molecular weight excluding hydrogens is 220 g/mol. The maximum absolute atomic E-state index is 11.6. The number of ether oxygens (including phenoxy) is 1. The van der Waals surface area contributed by atoms with E-state index in [0.717, 1.165) is 31.1 Å². The maximum atomic E-state index is 11.6. The fourth-order valence-corrected chi connectivity index (χ4v) is 2.35. The second-order valence-electron chi connectivity index (χ2n) is 4.66. The molecule has 2 unspecified atom stereocenters. The first-order valence-corrected chi connectivity index (χ1v) is 5.81. The Bertz CT molecular complexity index is 402. The summed E-state index contributed by atoms with van der Waals surface area (Å²) in [6, 6.07) is 0. The molecule has 2 atom stereocenters. The predicted octanol–water partition coefficient (Wildman–Crippen LogP) is 1.22. The third-order valence-electron chi connectivity index (χ3n) is 3.41. The van der Waals surface area contributed by atoms with Crippen LogP contribution in [0.15, 0.2) is 10.8 Å². The lowest BCUT2D eigenvalue weighted by Crippen LogP contribution is -2.24. The topological polar surface area (TPSA) is 55.6 Å². The lowest BCUT2D eigenvalue weighted by Gasteiger charge is -2.13. The van der Waals surface area contributed by atoms with Crippen molar-refractivity contribution in [1.29, 1.82) is 0 Å². The molecule has 1 fully saturated rings. The minimum atomic E-state index is -0.114. The van der Waals surface area contributed by atoms with E-state index in [0.29, 0.717) is 5.92 Å². The molecule has 0 saturated carbocycles. The summed E-state index contributed by atoms with van der Waals surface area (Å²) in [5.74, 6) is 1.04. The van der Waals surface area contributed by atoms with Gasteiger partial charge in [-0.2, -0.15) is 0 Å². The number of nitrogens with zero attached hydrogens (tertiary/aromatic N) is 2. The molecule has 0 amide bonds. The fraction of sp³-hybridized carbons (Fsp3) is 0.667. The van der Waals surface area contributed by atoms with Crippen LogP contribution >= 0.6 is 0 Å². The zero-order chi connectivity index (χ0) is 12.4. The molecule has 1 aliphatic heterocycles. The van der Waals surface area contributed by atoms with E-state index < -0.39 is 0 Å². The lowest BCUT2D eigenvalue weighted by atomic mass is 9.99. The van der Waals surface area contributed by atoms with Gasteiger partial charge in [0.1, 0.15) is 5.76 Å². The minimum Gasteiger partial charge on any atom is -0.469 e. The van der Waals surface area contributed by atoms with Crippen molar-refractivity contribution in [2.24, 2.45) is 11.8 Å². The average molecular weight is 238 g/mol. The number of hydrogen-bond donors (Lipinski definition) is 0. The summed E-state index contributed by atoms with van der Waals surface area (Å²) >= 11 is 0. The van der Waals surface area contributed by atoms with Crippen LogP contribution in [-0.4, -0.2) is 36.1 Å². The number of rotatable bonds is 3. The Hall–Kier alpha value is -1.36. The number of esters is 1. The Morgan fingerprint density at radius 3 is 3.00 bits per heavy atom. The van der Waals surface area contributed by atoms with Crippen molar-refractivity contribution in [3.05, 3.63) is 17.8 Å². The minimum absolute atomic E-state index is 0.0211. The summed E-state index contributed by atoms with van der Waals surface area (Å²) in [6.07, 6.45) is 1.46. The SMILES string of the molecule is COC(=O)C1CN(Cc2ncoc2C)CC1C. The van der Waals surface area contributed by atoms with Gasteiger partial charge in [-0.05, 0) is 12.8 Å². The molecule has 1 aromatic heterocycles. The van der Waals surface area contributed by atoms with Crippen LogP contribution in [0.5, 0.6) is 0 Å². The Morgan fingerprint density at radius 1 is 1.65 bits per heavy atom. The molecule has 2 rings (SSSR count). The van der Waals surface area contributed by atoms with Crippen molar-refractivity contribution in [2.45, 2.75) is 20.4 Å². The van der Waals surface area contributed by atoms with Gasteiger partial charge in [-0.15, -0.1) is 0 Å². The van der Waals surface area contributed by atoms with Crippen LogP contribution in [-0.2, 0) is 16.1 Å². The number of aromatic nitrogens is 1. The highest BCUT2D eigenvalue weighted by Crippen LogP contribution is 2.25. The standard InChI is InChI=1S/C12H18N2O3/c1-8-4-14(5-10(8)12(15)16-3)6-11-9(2)17-7-13-11/h7-8,10H,4-6H2,1-3H3. The third-order valence-corrected chi connectivity index (χ3v) is 3.41. The first kappa shape index (κ1) is 12.1. The summed E-state index contributed by atoms with van der Waals surface area (Å²) in [7, 11) is 1.44. The molecule has 1 aromatic rings. The molecular formula is C12H18N2O3. The van der Waals surface area contributed by atoms with Gasteiger partial charge in [0, 0.05) is 19.6 Å². The van der Waals surface area contributed by atoms with Gasteiger partial charge < -0.3 is 9.15 Å². The Balaban J connectivity index is 1.97. The van der Waals surface area contributed by atoms with Crippen LogP contribution < -0.4 is 0 Å². The summed E-state index contributed by atoms with van der Waals surface area (Å²) < 4.78 is 9.98. The molecule has 2 heterocycles. The van der Waals surface area contributed by atoms with Gasteiger partial charge in [0.15, 0.2) is 6.39 Å². The van der Waals surface area contributed by atoms with Crippen LogP contribution in [0.3, 0.4) is 0 Å². The van der Waals surface area contributed by atoms with Crippen molar-refractivity contribution in [2.75, 3.05) is 20.2 Å². The van der Waals surface area contributed by atoms with E-state index in [2.05, 4.69) is 16.8 Å². The molecule has 0 N–H and O–H groups in total. The summed E-state index contributed by atoms with van der Waals surface area (Å²) in [4.78, 5) is 17.9. The van der Waals surface area contributed by atoms with Crippen molar-refractivity contribution in [3.8, 4) is 0 Å². The number of carbonyl (C=O) groups is 1. The first-order chi connectivity index (χ1) is 8.11. The van der Waals surface area contributed by atoms with E-state index in [9.17, 15) is 4.79 Å². The largest absolute Gasteiger partial charge is 0.469 e. The van der Waals surface area contributed by atoms with Crippen molar-refractivity contribution < 1.29 is 13.9 Å². The molecule has 5 nitrogen and oxygen atoms in total. The van der Waals surface area contributed by atoms with E-state index in [1.807, 2.05) is 6.92 Å². The highest BCUT2D eigenvalue weighted by Gasteiger charge is 2.35. The number of aryl methyl sites for hydroxylation is 1. The van der Waals surface area contributed by atoms with Gasteiger partial charge in [0.05, 0.1) is 18.7 Å². The highest BCUT2D eigenvalue weighted by atomic mass is 16.5. The predicted molar refractivity (Wildman–Crippen MR) is 61.2 cm³/mol. The molecule has 94 valence electrons. The van der Waals surface area contributed by atoms with Crippen LogP contribution in [0.4, 0.5) is 0 Å². The monoisotopic (exact) mass is 238 g/mol. The van der Waals surface area contributed by atoms with E-state index in [4.69, 9.17) is 9.15 Å². The summed E-state index contributed by atoms with van der Waals surface area (Å²) in [5, 5.41) is 0. The second kappa shape index (κ2) is 4.87. The zero-order valence-corrected chi connectivity index (χ0v) is 10.5. The van der Waals surface area contributed by atoms with E-state index in [-0.39, 0.29) is 11.9 Å². The Kier molecular flexibility index (Phi) is 3.47. The van der Waals surface area contributed by atoms with Gasteiger partial charge in [-0.25, -0.2) is 4.98 Å². The van der Waals surface area contributed by atoms with Crippen molar-refractivity contribution in [3.63, 3.8) is 0 Å². The van der Waals surface area contributed by atoms with Gasteiger partial charge in [0.2, 0.25) is 0 Å². The number of oxazole rings is 1. The van der Waals surface area contributed by atoms with Crippen molar-refractivity contribution >= 4 is 5.97 Å². The Morgan fingerprint density at radius 2 is 2.41 bits per heavy atom. The van der Waals surface area contributed by atoms with E-state index in [1.165, 1.54) is 13.5 Å². The third kappa shape index (κ3) is 2.49. The number of methoxy groups -OCH3 is 1. The smallest absolute Gasteiger partial charge is 0.310 e. The van der Waals surface area contributed by atoms with Gasteiger partial charge >= 0.3 is 5.97 Å². The molecule has 0 aliphatic carbocycles. The number of carbonyl (C=O) groups excluding carboxylic acids is 1. The van der Waals surface area contributed by atoms with Gasteiger partial charge in [0.25, 0.3) is 0 Å². The first-order valence-electron chi connectivity index (χ1n) is 5.81. The average Bonchev–Trinajstić information content (AvgIpc) is 2.86. The molecule has 0 bridgehead atoms. The highest BCUT2D eigenvalue weighted by molar-refractivity contribution is 5.73. The van der Waals surface area contributed by atoms with E-state index >= 15 is 0 Å². The van der Waals surface area contributed by atoms with Gasteiger partial charge in [-0.3, -0.25) is 9.69 Å². The second-order valence-corrected chi connectivity index (χ2v) is 4.66. The molecule has 1 saturated heterocycles. The molecule has 0 radical (unpaired) electrons. The molecule has 1 aliphatic rings. The lowest BCUT2D eigenvalue weighted by molar-refractivity contribution is -0.146. The number of likely N-dealkylation sites (tertiary alicyclic amines) is 1. The number of hydrogen-bond acceptors (Lipinski definition) is 5. The van der Waals surface area contributed by atoms with Crippen LogP contribution in [0, 0.1) is 18.8 Å². The molecule has 17 heavy (non-hydrogen) atoms. The molecule has 0 spiro atoms. The van der Waals surface area contributed by atoms with E-state index in [1.54, 1.807) is 0 Å². The normalized spacial score (nSPS) is 25.1. The zero-order valence-electron chi connectivity index (χ0n) is 10.5. The molecule has 0 aromatic carbocycles. The van der Waals surface area contributed by atoms with Crippen LogP contribution in [0.1, 0.15) is 18.4 Å². The Labute approximate surface area is 101 Å². The summed E-state index contributed by atoms with van der Waals surface area (Å²) in [6.45, 7) is 6.35.